The Morgan fingerprint density at radius 1 is 1.37 bits per heavy atom. The van der Waals surface area contributed by atoms with Gasteiger partial charge in [0.1, 0.15) is 0 Å². The number of rotatable bonds is 5. The molecule has 0 spiro atoms. The quantitative estimate of drug-likeness (QED) is 0.899. The third-order valence-corrected chi connectivity index (χ3v) is 4.00. The van der Waals surface area contributed by atoms with Gasteiger partial charge in [-0.1, -0.05) is 36.7 Å². The van der Waals surface area contributed by atoms with Crippen molar-refractivity contribution in [3.05, 3.63) is 34.9 Å². The molecule has 0 aliphatic carbocycles. The SMILES string of the molecule is CCC(=O)NCC(c1ccccc1Cl)N1CCCC1. The number of nitrogens with zero attached hydrogens (tertiary/aromatic N) is 1. The van der Waals surface area contributed by atoms with Crippen LogP contribution in [-0.4, -0.2) is 30.4 Å². The van der Waals surface area contributed by atoms with E-state index in [-0.39, 0.29) is 11.9 Å². The minimum Gasteiger partial charge on any atom is -0.354 e. The molecular weight excluding hydrogens is 260 g/mol. The topological polar surface area (TPSA) is 32.3 Å². The number of amides is 1. The molecule has 1 N–H and O–H groups in total. The van der Waals surface area contributed by atoms with Gasteiger partial charge in [-0.25, -0.2) is 0 Å². The molecule has 0 aromatic heterocycles. The highest BCUT2D eigenvalue weighted by Gasteiger charge is 2.25. The van der Waals surface area contributed by atoms with E-state index in [1.165, 1.54) is 12.8 Å². The van der Waals surface area contributed by atoms with E-state index < -0.39 is 0 Å². The number of hydrogen-bond acceptors (Lipinski definition) is 2. The van der Waals surface area contributed by atoms with Crippen molar-refractivity contribution in [3.8, 4) is 0 Å². The Hall–Kier alpha value is -1.06. The van der Waals surface area contributed by atoms with Crippen LogP contribution >= 0.6 is 11.6 Å². The average molecular weight is 281 g/mol. The van der Waals surface area contributed by atoms with Gasteiger partial charge in [0.15, 0.2) is 0 Å². The smallest absolute Gasteiger partial charge is 0.219 e. The molecule has 0 bridgehead atoms. The molecule has 1 amide bonds. The maximum absolute atomic E-state index is 11.5. The van der Waals surface area contributed by atoms with Gasteiger partial charge >= 0.3 is 0 Å². The molecule has 1 atom stereocenters. The van der Waals surface area contributed by atoms with Crippen LogP contribution in [-0.2, 0) is 4.79 Å². The zero-order valence-electron chi connectivity index (χ0n) is 11.4. The van der Waals surface area contributed by atoms with Crippen molar-refractivity contribution in [1.29, 1.82) is 0 Å². The molecule has 3 nitrogen and oxygen atoms in total. The fraction of sp³-hybridized carbons (Fsp3) is 0.533. The molecule has 0 saturated carbocycles. The van der Waals surface area contributed by atoms with E-state index in [0.717, 1.165) is 23.7 Å². The standard InChI is InChI=1S/C15H21ClN2O/c1-2-15(19)17-11-14(18-9-5-6-10-18)12-7-3-4-8-13(12)16/h3-4,7-8,14H,2,5-6,9-11H2,1H3,(H,17,19). The van der Waals surface area contributed by atoms with Crippen LogP contribution < -0.4 is 5.32 Å². The highest BCUT2D eigenvalue weighted by atomic mass is 35.5. The summed E-state index contributed by atoms with van der Waals surface area (Å²) >= 11 is 6.31. The molecule has 2 rings (SSSR count). The lowest BCUT2D eigenvalue weighted by Crippen LogP contribution is -2.36. The first-order chi connectivity index (χ1) is 9.22. The number of hydrogen-bond donors (Lipinski definition) is 1. The molecule has 1 heterocycles. The third kappa shape index (κ3) is 3.71. The second kappa shape index (κ2) is 6.92. The van der Waals surface area contributed by atoms with Gasteiger partial charge in [0, 0.05) is 18.0 Å². The fourth-order valence-electron chi connectivity index (χ4n) is 2.57. The normalized spacial score (nSPS) is 17.4. The minimum atomic E-state index is 0.0938. The molecule has 1 aromatic rings. The van der Waals surface area contributed by atoms with Crippen molar-refractivity contribution >= 4 is 17.5 Å². The van der Waals surface area contributed by atoms with E-state index >= 15 is 0 Å². The number of carbonyl (C=O) groups is 1. The van der Waals surface area contributed by atoms with Crippen molar-refractivity contribution < 1.29 is 4.79 Å². The van der Waals surface area contributed by atoms with Crippen LogP contribution in [0.15, 0.2) is 24.3 Å². The van der Waals surface area contributed by atoms with E-state index in [2.05, 4.69) is 16.3 Å². The van der Waals surface area contributed by atoms with Crippen LogP contribution in [0.3, 0.4) is 0 Å². The number of halogens is 1. The molecule has 1 aliphatic heterocycles. The lowest BCUT2D eigenvalue weighted by molar-refractivity contribution is -0.121. The highest BCUT2D eigenvalue weighted by Crippen LogP contribution is 2.29. The van der Waals surface area contributed by atoms with Gasteiger partial charge in [-0.3, -0.25) is 9.69 Å². The predicted octanol–water partition coefficient (Wildman–Crippen LogP) is 3.00. The molecule has 1 saturated heterocycles. The fourth-order valence-corrected chi connectivity index (χ4v) is 2.83. The Morgan fingerprint density at radius 2 is 2.05 bits per heavy atom. The Kier molecular flexibility index (Phi) is 5.23. The summed E-state index contributed by atoms with van der Waals surface area (Å²) in [6.45, 7) is 4.67. The predicted molar refractivity (Wildman–Crippen MR) is 78.3 cm³/mol. The summed E-state index contributed by atoms with van der Waals surface area (Å²) in [5.41, 5.74) is 1.11. The van der Waals surface area contributed by atoms with Crippen LogP contribution in [0.5, 0.6) is 0 Å². The monoisotopic (exact) mass is 280 g/mol. The summed E-state index contributed by atoms with van der Waals surface area (Å²) in [7, 11) is 0. The van der Waals surface area contributed by atoms with Crippen LogP contribution in [0.2, 0.25) is 5.02 Å². The van der Waals surface area contributed by atoms with Crippen molar-refractivity contribution in [2.75, 3.05) is 19.6 Å². The van der Waals surface area contributed by atoms with Crippen LogP contribution in [0.4, 0.5) is 0 Å². The summed E-state index contributed by atoms with van der Waals surface area (Å²) in [4.78, 5) is 13.9. The van der Waals surface area contributed by atoms with Crippen molar-refractivity contribution in [2.24, 2.45) is 0 Å². The van der Waals surface area contributed by atoms with E-state index in [4.69, 9.17) is 11.6 Å². The number of nitrogens with one attached hydrogen (secondary N) is 1. The first-order valence-electron chi connectivity index (χ1n) is 6.97. The molecule has 0 radical (unpaired) electrons. The van der Waals surface area contributed by atoms with E-state index in [1.54, 1.807) is 0 Å². The maximum atomic E-state index is 11.5. The molecular formula is C15H21ClN2O. The summed E-state index contributed by atoms with van der Waals surface area (Å²) in [5, 5.41) is 3.78. The Balaban J connectivity index is 2.14. The van der Waals surface area contributed by atoms with E-state index in [0.29, 0.717) is 13.0 Å². The summed E-state index contributed by atoms with van der Waals surface area (Å²) < 4.78 is 0. The number of likely N-dealkylation sites (tertiary alicyclic amines) is 1. The van der Waals surface area contributed by atoms with Crippen molar-refractivity contribution in [3.63, 3.8) is 0 Å². The van der Waals surface area contributed by atoms with Crippen molar-refractivity contribution in [1.82, 2.24) is 10.2 Å². The van der Waals surface area contributed by atoms with Crippen LogP contribution in [0, 0.1) is 0 Å². The zero-order chi connectivity index (χ0) is 13.7. The van der Waals surface area contributed by atoms with Gasteiger partial charge in [-0.05, 0) is 37.6 Å². The molecule has 104 valence electrons. The summed E-state index contributed by atoms with van der Waals surface area (Å²) in [6.07, 6.45) is 2.97. The van der Waals surface area contributed by atoms with Gasteiger partial charge in [0.25, 0.3) is 0 Å². The molecule has 1 aromatic carbocycles. The first kappa shape index (κ1) is 14.4. The van der Waals surface area contributed by atoms with Gasteiger partial charge < -0.3 is 5.32 Å². The second-order valence-corrected chi connectivity index (χ2v) is 5.35. The van der Waals surface area contributed by atoms with Crippen LogP contribution in [0.25, 0.3) is 0 Å². The van der Waals surface area contributed by atoms with Crippen molar-refractivity contribution in [2.45, 2.75) is 32.2 Å². The van der Waals surface area contributed by atoms with Gasteiger partial charge in [0.2, 0.25) is 5.91 Å². The van der Waals surface area contributed by atoms with E-state index in [1.807, 2.05) is 25.1 Å². The number of carbonyl (C=O) groups excluding carboxylic acids is 1. The molecule has 19 heavy (non-hydrogen) atoms. The number of benzene rings is 1. The Morgan fingerprint density at radius 3 is 2.68 bits per heavy atom. The molecule has 1 fully saturated rings. The second-order valence-electron chi connectivity index (χ2n) is 4.94. The Labute approximate surface area is 119 Å². The average Bonchev–Trinajstić information content (AvgIpc) is 2.94. The van der Waals surface area contributed by atoms with E-state index in [9.17, 15) is 4.79 Å². The lowest BCUT2D eigenvalue weighted by Gasteiger charge is -2.28. The third-order valence-electron chi connectivity index (χ3n) is 3.66. The Bertz CT molecular complexity index is 430. The lowest BCUT2D eigenvalue weighted by atomic mass is 10.1. The maximum Gasteiger partial charge on any atom is 0.219 e. The van der Waals surface area contributed by atoms with Gasteiger partial charge in [-0.2, -0.15) is 0 Å². The molecule has 4 heteroatoms. The van der Waals surface area contributed by atoms with Crippen LogP contribution in [0.1, 0.15) is 37.8 Å². The summed E-state index contributed by atoms with van der Waals surface area (Å²) in [5.74, 6) is 0.0938. The highest BCUT2D eigenvalue weighted by molar-refractivity contribution is 6.31. The summed E-state index contributed by atoms with van der Waals surface area (Å²) in [6, 6.07) is 8.11. The first-order valence-corrected chi connectivity index (χ1v) is 7.35. The zero-order valence-corrected chi connectivity index (χ0v) is 12.1. The molecule has 1 unspecified atom stereocenters. The molecule has 1 aliphatic rings. The van der Waals surface area contributed by atoms with Gasteiger partial charge in [-0.15, -0.1) is 0 Å². The minimum absolute atomic E-state index is 0.0938. The largest absolute Gasteiger partial charge is 0.354 e. The van der Waals surface area contributed by atoms with Gasteiger partial charge in [0.05, 0.1) is 6.04 Å².